The first-order chi connectivity index (χ1) is 13.2. The van der Waals surface area contributed by atoms with Crippen molar-refractivity contribution in [3.05, 3.63) is 41.9 Å². The average Bonchev–Trinajstić information content (AvgIpc) is 2.73. The van der Waals surface area contributed by atoms with Gasteiger partial charge < -0.3 is 19.1 Å². The number of nitriles is 1. The lowest BCUT2D eigenvalue weighted by Gasteiger charge is -2.32. The summed E-state index contributed by atoms with van der Waals surface area (Å²) in [5, 5.41) is 9.11. The molecule has 0 N–H and O–H groups in total. The second kappa shape index (κ2) is 8.36. The number of likely N-dealkylation sites (tertiary alicyclic amines) is 1. The molecule has 0 spiro atoms. The highest BCUT2D eigenvalue weighted by Crippen LogP contribution is 2.28. The number of benzene rings is 1. The zero-order valence-corrected chi connectivity index (χ0v) is 15.2. The lowest BCUT2D eigenvalue weighted by Crippen LogP contribution is -2.44. The smallest absolute Gasteiger partial charge is 0.254 e. The van der Waals surface area contributed by atoms with Crippen LogP contribution in [0.1, 0.15) is 28.9 Å². The molecule has 1 saturated heterocycles. The van der Waals surface area contributed by atoms with E-state index < -0.39 is 0 Å². The molecule has 1 fully saturated rings. The van der Waals surface area contributed by atoms with Gasteiger partial charge in [-0.1, -0.05) is 0 Å². The third-order valence-corrected chi connectivity index (χ3v) is 4.34. The van der Waals surface area contributed by atoms with Crippen molar-refractivity contribution in [1.29, 1.82) is 5.26 Å². The van der Waals surface area contributed by atoms with Crippen molar-refractivity contribution in [1.82, 2.24) is 14.9 Å². The van der Waals surface area contributed by atoms with Crippen LogP contribution in [-0.2, 0) is 0 Å². The predicted molar refractivity (Wildman–Crippen MR) is 95.8 cm³/mol. The fourth-order valence-electron chi connectivity index (χ4n) is 3.02. The zero-order chi connectivity index (χ0) is 19.2. The summed E-state index contributed by atoms with van der Waals surface area (Å²) in [4.78, 5) is 22.6. The Balaban J connectivity index is 1.72. The van der Waals surface area contributed by atoms with Gasteiger partial charge in [0.15, 0.2) is 11.5 Å². The number of amides is 1. The third-order valence-electron chi connectivity index (χ3n) is 4.34. The lowest BCUT2D eigenvalue weighted by atomic mass is 10.1. The summed E-state index contributed by atoms with van der Waals surface area (Å²) in [7, 11) is 3.08. The van der Waals surface area contributed by atoms with Gasteiger partial charge in [-0.2, -0.15) is 5.26 Å². The number of carbonyl (C=O) groups excluding carboxylic acids is 1. The lowest BCUT2D eigenvalue weighted by molar-refractivity contribution is 0.0526. The molecule has 1 aromatic carbocycles. The Hall–Kier alpha value is -3.34. The molecule has 1 aromatic heterocycles. The number of nitrogens with zero attached hydrogens (tertiary/aromatic N) is 4. The molecule has 2 heterocycles. The van der Waals surface area contributed by atoms with Crippen LogP contribution in [0.2, 0.25) is 0 Å². The quantitative estimate of drug-likeness (QED) is 0.796. The fraction of sp³-hybridized carbons (Fsp3) is 0.368. The standard InChI is InChI=1S/C19H20N4O4/c1-25-16-6-5-13(10-17(16)26-2)19(24)23-9-3-4-14(12-23)27-18-15(11-20)21-7-8-22-18/h5-8,10,14H,3-4,9,12H2,1-2H3. The second-order valence-electron chi connectivity index (χ2n) is 6.02. The van der Waals surface area contributed by atoms with Gasteiger partial charge in [-0.15, -0.1) is 0 Å². The molecule has 8 nitrogen and oxygen atoms in total. The van der Waals surface area contributed by atoms with Gasteiger partial charge in [-0.05, 0) is 31.0 Å². The molecule has 2 aromatic rings. The van der Waals surface area contributed by atoms with Gasteiger partial charge >= 0.3 is 0 Å². The van der Waals surface area contributed by atoms with Crippen molar-refractivity contribution >= 4 is 5.91 Å². The minimum absolute atomic E-state index is 0.107. The van der Waals surface area contributed by atoms with Gasteiger partial charge in [0, 0.05) is 24.5 Å². The molecule has 0 saturated carbocycles. The first kappa shape index (κ1) is 18.5. The number of methoxy groups -OCH3 is 2. The maximum absolute atomic E-state index is 12.9. The molecule has 27 heavy (non-hydrogen) atoms. The maximum Gasteiger partial charge on any atom is 0.254 e. The van der Waals surface area contributed by atoms with E-state index in [0.29, 0.717) is 30.2 Å². The molecular weight excluding hydrogens is 348 g/mol. The first-order valence-corrected chi connectivity index (χ1v) is 8.55. The molecule has 1 atom stereocenters. The van der Waals surface area contributed by atoms with E-state index in [4.69, 9.17) is 19.5 Å². The van der Waals surface area contributed by atoms with Crippen LogP contribution in [0.25, 0.3) is 0 Å². The number of rotatable bonds is 5. The molecule has 0 bridgehead atoms. The number of carbonyl (C=O) groups is 1. The van der Waals surface area contributed by atoms with E-state index in [-0.39, 0.29) is 23.6 Å². The summed E-state index contributed by atoms with van der Waals surface area (Å²) in [6.07, 6.45) is 4.25. The molecule has 1 unspecified atom stereocenters. The molecule has 0 radical (unpaired) electrons. The Morgan fingerprint density at radius 2 is 2.00 bits per heavy atom. The summed E-state index contributed by atoms with van der Waals surface area (Å²) >= 11 is 0. The van der Waals surface area contributed by atoms with Crippen LogP contribution < -0.4 is 14.2 Å². The Morgan fingerprint density at radius 3 is 2.74 bits per heavy atom. The van der Waals surface area contributed by atoms with E-state index in [0.717, 1.165) is 12.8 Å². The van der Waals surface area contributed by atoms with Gasteiger partial charge in [0.1, 0.15) is 12.2 Å². The van der Waals surface area contributed by atoms with Crippen molar-refractivity contribution in [3.8, 4) is 23.4 Å². The number of ether oxygens (including phenoxy) is 3. The van der Waals surface area contributed by atoms with Crippen molar-refractivity contribution in [2.75, 3.05) is 27.3 Å². The Morgan fingerprint density at radius 1 is 1.22 bits per heavy atom. The maximum atomic E-state index is 12.9. The highest BCUT2D eigenvalue weighted by molar-refractivity contribution is 5.95. The largest absolute Gasteiger partial charge is 0.493 e. The normalized spacial score (nSPS) is 16.3. The second-order valence-corrected chi connectivity index (χ2v) is 6.02. The predicted octanol–water partition coefficient (Wildman–Crippen LogP) is 2.05. The number of aromatic nitrogens is 2. The topological polar surface area (TPSA) is 97.6 Å². The third kappa shape index (κ3) is 4.08. The molecule has 8 heteroatoms. The molecule has 0 aliphatic carbocycles. The summed E-state index contributed by atoms with van der Waals surface area (Å²) in [6, 6.07) is 7.06. The SMILES string of the molecule is COc1ccc(C(=O)N2CCCC(Oc3nccnc3C#N)C2)cc1OC. The molecule has 1 amide bonds. The van der Waals surface area contributed by atoms with E-state index in [9.17, 15) is 4.79 Å². The Bertz CT molecular complexity index is 865. The van der Waals surface area contributed by atoms with Crippen LogP contribution >= 0.6 is 0 Å². The molecule has 1 aliphatic heterocycles. The van der Waals surface area contributed by atoms with E-state index in [1.54, 1.807) is 30.2 Å². The van der Waals surface area contributed by atoms with Gasteiger partial charge in [0.2, 0.25) is 5.69 Å². The monoisotopic (exact) mass is 368 g/mol. The van der Waals surface area contributed by atoms with E-state index in [1.165, 1.54) is 19.5 Å². The Kier molecular flexibility index (Phi) is 5.71. The minimum atomic E-state index is -0.244. The van der Waals surface area contributed by atoms with Crippen LogP contribution in [-0.4, -0.2) is 54.2 Å². The van der Waals surface area contributed by atoms with Gasteiger partial charge in [-0.25, -0.2) is 9.97 Å². The number of hydrogen-bond acceptors (Lipinski definition) is 7. The fourth-order valence-corrected chi connectivity index (χ4v) is 3.02. The van der Waals surface area contributed by atoms with Crippen molar-refractivity contribution in [2.45, 2.75) is 18.9 Å². The Labute approximate surface area is 157 Å². The summed E-state index contributed by atoms with van der Waals surface area (Å²) < 4.78 is 16.3. The zero-order valence-electron chi connectivity index (χ0n) is 15.2. The van der Waals surface area contributed by atoms with Gasteiger partial charge in [0.05, 0.1) is 20.8 Å². The van der Waals surface area contributed by atoms with Crippen LogP contribution in [0.5, 0.6) is 17.4 Å². The van der Waals surface area contributed by atoms with E-state index >= 15 is 0 Å². The van der Waals surface area contributed by atoms with Gasteiger partial charge in [-0.3, -0.25) is 4.79 Å². The molecular formula is C19H20N4O4. The van der Waals surface area contributed by atoms with Crippen molar-refractivity contribution < 1.29 is 19.0 Å². The molecule has 3 rings (SSSR count). The molecule has 1 aliphatic rings. The summed E-state index contributed by atoms with van der Waals surface area (Å²) in [5.74, 6) is 1.17. The van der Waals surface area contributed by atoms with Crippen LogP contribution in [0.3, 0.4) is 0 Å². The van der Waals surface area contributed by atoms with Gasteiger partial charge in [0.25, 0.3) is 11.8 Å². The van der Waals surface area contributed by atoms with Crippen LogP contribution in [0.4, 0.5) is 0 Å². The molecule has 140 valence electrons. The number of piperidine rings is 1. The van der Waals surface area contributed by atoms with Crippen molar-refractivity contribution in [3.63, 3.8) is 0 Å². The number of hydrogen-bond donors (Lipinski definition) is 0. The van der Waals surface area contributed by atoms with E-state index in [1.807, 2.05) is 6.07 Å². The van der Waals surface area contributed by atoms with Crippen molar-refractivity contribution in [2.24, 2.45) is 0 Å². The minimum Gasteiger partial charge on any atom is -0.493 e. The van der Waals surface area contributed by atoms with Crippen LogP contribution in [0.15, 0.2) is 30.6 Å². The summed E-state index contributed by atoms with van der Waals surface area (Å²) in [5.41, 5.74) is 0.659. The van der Waals surface area contributed by atoms with E-state index in [2.05, 4.69) is 9.97 Å². The first-order valence-electron chi connectivity index (χ1n) is 8.55. The highest BCUT2D eigenvalue weighted by atomic mass is 16.5. The van der Waals surface area contributed by atoms with Crippen LogP contribution in [0, 0.1) is 11.3 Å². The highest BCUT2D eigenvalue weighted by Gasteiger charge is 2.27. The average molecular weight is 368 g/mol. The summed E-state index contributed by atoms with van der Waals surface area (Å²) in [6.45, 7) is 1.05.